The summed E-state index contributed by atoms with van der Waals surface area (Å²) in [5.74, 6) is 0.773. The van der Waals surface area contributed by atoms with Gasteiger partial charge in [-0.05, 0) is 31.5 Å². The van der Waals surface area contributed by atoms with Crippen LogP contribution in [0.4, 0.5) is 0 Å². The van der Waals surface area contributed by atoms with Gasteiger partial charge in [0.2, 0.25) is 0 Å². The molecule has 0 aliphatic carbocycles. The van der Waals surface area contributed by atoms with E-state index < -0.39 is 6.10 Å². The van der Waals surface area contributed by atoms with E-state index in [2.05, 4.69) is 4.98 Å². The molecule has 0 saturated heterocycles. The standard InChI is InChI=1S/C13H15NO2S/c1-9(15)11-4-3-5-12(6-11)16-8-13-7-14-10(2)17-13/h3-7,9,15H,8H2,1-2H3. The highest BCUT2D eigenvalue weighted by Gasteiger charge is 2.03. The van der Waals surface area contributed by atoms with E-state index in [0.717, 1.165) is 21.2 Å². The van der Waals surface area contributed by atoms with Crippen molar-refractivity contribution in [2.24, 2.45) is 0 Å². The Kier molecular flexibility index (Phi) is 3.76. The van der Waals surface area contributed by atoms with Crippen molar-refractivity contribution in [3.05, 3.63) is 45.9 Å². The molecule has 17 heavy (non-hydrogen) atoms. The van der Waals surface area contributed by atoms with Gasteiger partial charge in [-0.2, -0.15) is 0 Å². The monoisotopic (exact) mass is 249 g/mol. The molecule has 0 amide bonds. The normalized spacial score (nSPS) is 12.4. The van der Waals surface area contributed by atoms with Crippen molar-refractivity contribution < 1.29 is 9.84 Å². The summed E-state index contributed by atoms with van der Waals surface area (Å²) in [5.41, 5.74) is 0.864. The molecule has 1 aromatic carbocycles. The van der Waals surface area contributed by atoms with E-state index in [-0.39, 0.29) is 0 Å². The van der Waals surface area contributed by atoms with Crippen LogP contribution < -0.4 is 4.74 Å². The first-order valence-corrected chi connectivity index (χ1v) is 6.29. The fraction of sp³-hybridized carbons (Fsp3) is 0.308. The number of nitrogens with zero attached hydrogens (tertiary/aromatic N) is 1. The van der Waals surface area contributed by atoms with Gasteiger partial charge in [-0.25, -0.2) is 4.98 Å². The van der Waals surface area contributed by atoms with Crippen LogP contribution in [-0.2, 0) is 6.61 Å². The minimum Gasteiger partial charge on any atom is -0.488 e. The van der Waals surface area contributed by atoms with Gasteiger partial charge in [0.25, 0.3) is 0 Å². The highest BCUT2D eigenvalue weighted by atomic mass is 32.1. The predicted octanol–water partition coefficient (Wildman–Crippen LogP) is 3.08. The molecule has 0 radical (unpaired) electrons. The molecule has 1 atom stereocenters. The lowest BCUT2D eigenvalue weighted by atomic mass is 10.1. The Bertz CT molecular complexity index is 494. The second-order valence-electron chi connectivity index (χ2n) is 3.88. The Balaban J connectivity index is 2.01. The lowest BCUT2D eigenvalue weighted by Crippen LogP contribution is -1.95. The fourth-order valence-corrected chi connectivity index (χ4v) is 2.20. The predicted molar refractivity (Wildman–Crippen MR) is 68.3 cm³/mol. The molecule has 0 aliphatic heterocycles. The van der Waals surface area contributed by atoms with Crippen LogP contribution in [0.25, 0.3) is 0 Å². The smallest absolute Gasteiger partial charge is 0.124 e. The Morgan fingerprint density at radius 1 is 1.47 bits per heavy atom. The van der Waals surface area contributed by atoms with Crippen LogP contribution in [0, 0.1) is 6.92 Å². The van der Waals surface area contributed by atoms with Crippen LogP contribution in [0.3, 0.4) is 0 Å². The van der Waals surface area contributed by atoms with Gasteiger partial charge < -0.3 is 9.84 Å². The van der Waals surface area contributed by atoms with E-state index in [4.69, 9.17) is 4.74 Å². The maximum absolute atomic E-state index is 9.47. The van der Waals surface area contributed by atoms with Gasteiger partial charge in [0, 0.05) is 6.20 Å². The third-order valence-electron chi connectivity index (χ3n) is 2.39. The topological polar surface area (TPSA) is 42.4 Å². The van der Waals surface area contributed by atoms with E-state index in [0.29, 0.717) is 6.61 Å². The summed E-state index contributed by atoms with van der Waals surface area (Å²) >= 11 is 1.63. The number of hydrogen-bond donors (Lipinski definition) is 1. The molecule has 2 aromatic rings. The number of aromatic nitrogens is 1. The fourth-order valence-electron chi connectivity index (χ4n) is 1.49. The summed E-state index contributed by atoms with van der Waals surface area (Å²) in [4.78, 5) is 5.28. The lowest BCUT2D eigenvalue weighted by molar-refractivity contribution is 0.198. The zero-order chi connectivity index (χ0) is 12.3. The van der Waals surface area contributed by atoms with Crippen molar-refractivity contribution in [2.45, 2.75) is 26.6 Å². The van der Waals surface area contributed by atoms with E-state index >= 15 is 0 Å². The van der Waals surface area contributed by atoms with Crippen LogP contribution in [0.2, 0.25) is 0 Å². The van der Waals surface area contributed by atoms with Crippen LogP contribution in [0.5, 0.6) is 5.75 Å². The number of aliphatic hydroxyl groups excluding tert-OH is 1. The second kappa shape index (κ2) is 5.29. The summed E-state index contributed by atoms with van der Waals surface area (Å²) in [6, 6.07) is 7.52. The lowest BCUT2D eigenvalue weighted by Gasteiger charge is -2.08. The third kappa shape index (κ3) is 3.28. The number of ether oxygens (including phenoxy) is 1. The van der Waals surface area contributed by atoms with Gasteiger partial charge in [0.15, 0.2) is 0 Å². The summed E-state index contributed by atoms with van der Waals surface area (Å²) in [5, 5.41) is 10.5. The number of aliphatic hydroxyl groups is 1. The number of benzene rings is 1. The molecule has 0 spiro atoms. The SMILES string of the molecule is Cc1ncc(COc2cccc(C(C)O)c2)s1. The molecule has 0 aliphatic rings. The van der Waals surface area contributed by atoms with Gasteiger partial charge in [-0.15, -0.1) is 11.3 Å². The minimum atomic E-state index is -0.468. The van der Waals surface area contributed by atoms with Gasteiger partial charge in [0.1, 0.15) is 12.4 Å². The van der Waals surface area contributed by atoms with Crippen LogP contribution >= 0.6 is 11.3 Å². The first kappa shape index (κ1) is 12.1. The molecule has 90 valence electrons. The van der Waals surface area contributed by atoms with E-state index in [1.54, 1.807) is 18.3 Å². The molecule has 0 bridgehead atoms. The highest BCUT2D eigenvalue weighted by Crippen LogP contribution is 2.20. The molecule has 1 unspecified atom stereocenters. The van der Waals surface area contributed by atoms with Crippen LogP contribution in [0.15, 0.2) is 30.5 Å². The average molecular weight is 249 g/mol. The Hall–Kier alpha value is -1.39. The number of aryl methyl sites for hydroxylation is 1. The minimum absolute atomic E-state index is 0.468. The summed E-state index contributed by atoms with van der Waals surface area (Å²) in [6.07, 6.45) is 1.36. The Labute approximate surface area is 105 Å². The van der Waals surface area contributed by atoms with Crippen molar-refractivity contribution in [1.29, 1.82) is 0 Å². The van der Waals surface area contributed by atoms with Crippen molar-refractivity contribution in [2.75, 3.05) is 0 Å². The molecule has 0 saturated carbocycles. The third-order valence-corrected chi connectivity index (χ3v) is 3.28. The maximum Gasteiger partial charge on any atom is 0.124 e. The quantitative estimate of drug-likeness (QED) is 0.905. The number of rotatable bonds is 4. The Morgan fingerprint density at radius 2 is 2.29 bits per heavy atom. The number of hydrogen-bond acceptors (Lipinski definition) is 4. The summed E-state index contributed by atoms with van der Waals surface area (Å²) in [7, 11) is 0. The van der Waals surface area contributed by atoms with Gasteiger partial charge in [0.05, 0.1) is 16.0 Å². The largest absolute Gasteiger partial charge is 0.488 e. The molecule has 1 aromatic heterocycles. The van der Waals surface area contributed by atoms with Gasteiger partial charge >= 0.3 is 0 Å². The molecule has 4 heteroatoms. The molecule has 3 nitrogen and oxygen atoms in total. The maximum atomic E-state index is 9.47. The molecular weight excluding hydrogens is 234 g/mol. The molecule has 0 fully saturated rings. The average Bonchev–Trinajstić information content (AvgIpc) is 2.73. The Morgan fingerprint density at radius 3 is 2.94 bits per heavy atom. The van der Waals surface area contributed by atoms with E-state index in [1.165, 1.54) is 0 Å². The van der Waals surface area contributed by atoms with Crippen molar-refractivity contribution in [3.63, 3.8) is 0 Å². The zero-order valence-electron chi connectivity index (χ0n) is 9.88. The van der Waals surface area contributed by atoms with Gasteiger partial charge in [-0.1, -0.05) is 12.1 Å². The first-order chi connectivity index (χ1) is 8.15. The van der Waals surface area contributed by atoms with Crippen molar-refractivity contribution in [1.82, 2.24) is 4.98 Å². The van der Waals surface area contributed by atoms with Crippen molar-refractivity contribution in [3.8, 4) is 5.75 Å². The van der Waals surface area contributed by atoms with E-state index in [9.17, 15) is 5.11 Å². The molecular formula is C13H15NO2S. The second-order valence-corrected chi connectivity index (χ2v) is 5.20. The van der Waals surface area contributed by atoms with Crippen LogP contribution in [0.1, 0.15) is 28.5 Å². The zero-order valence-corrected chi connectivity index (χ0v) is 10.7. The van der Waals surface area contributed by atoms with E-state index in [1.807, 2.05) is 37.4 Å². The first-order valence-electron chi connectivity index (χ1n) is 5.47. The summed E-state index contributed by atoms with van der Waals surface area (Å²) < 4.78 is 5.66. The molecule has 1 heterocycles. The van der Waals surface area contributed by atoms with Crippen molar-refractivity contribution >= 4 is 11.3 Å². The van der Waals surface area contributed by atoms with Gasteiger partial charge in [-0.3, -0.25) is 0 Å². The summed E-state index contributed by atoms with van der Waals surface area (Å²) in [6.45, 7) is 4.24. The molecule has 2 rings (SSSR count). The number of thiazole rings is 1. The highest BCUT2D eigenvalue weighted by molar-refractivity contribution is 7.11. The molecule has 1 N–H and O–H groups in total. The van der Waals surface area contributed by atoms with Crippen LogP contribution in [-0.4, -0.2) is 10.1 Å².